The van der Waals surface area contributed by atoms with Crippen LogP contribution in [0.3, 0.4) is 0 Å². The Kier molecular flexibility index (Phi) is 6.64. The predicted molar refractivity (Wildman–Crippen MR) is 83.2 cm³/mol. The molecule has 1 atom stereocenters. The summed E-state index contributed by atoms with van der Waals surface area (Å²) in [6, 6.07) is 10.1. The molecule has 0 saturated carbocycles. The van der Waals surface area contributed by atoms with Crippen molar-refractivity contribution in [3.05, 3.63) is 35.9 Å². The SMILES string of the molecule is CNC(CO)(CCOCC1CCOCC1)c1ccccc1. The number of rotatable bonds is 8. The fourth-order valence-corrected chi connectivity index (χ4v) is 2.83. The molecular weight excluding hydrogens is 266 g/mol. The summed E-state index contributed by atoms with van der Waals surface area (Å²) >= 11 is 0. The van der Waals surface area contributed by atoms with E-state index in [1.807, 2.05) is 37.4 Å². The molecule has 1 fully saturated rings. The molecule has 2 N–H and O–H groups in total. The molecule has 0 radical (unpaired) electrons. The van der Waals surface area contributed by atoms with Gasteiger partial charge in [0.2, 0.25) is 0 Å². The van der Waals surface area contributed by atoms with Gasteiger partial charge in [-0.3, -0.25) is 0 Å². The van der Waals surface area contributed by atoms with E-state index >= 15 is 0 Å². The Morgan fingerprint density at radius 3 is 2.62 bits per heavy atom. The molecular formula is C17H27NO3. The van der Waals surface area contributed by atoms with Gasteiger partial charge < -0.3 is 19.9 Å². The Hall–Kier alpha value is -0.940. The Labute approximate surface area is 127 Å². The van der Waals surface area contributed by atoms with E-state index in [0.29, 0.717) is 12.5 Å². The minimum atomic E-state index is -0.420. The maximum absolute atomic E-state index is 9.84. The van der Waals surface area contributed by atoms with Gasteiger partial charge in [-0.1, -0.05) is 30.3 Å². The molecule has 2 rings (SSSR count). The summed E-state index contributed by atoms with van der Waals surface area (Å²) in [6.45, 7) is 3.22. The van der Waals surface area contributed by atoms with Crippen molar-refractivity contribution < 1.29 is 14.6 Å². The van der Waals surface area contributed by atoms with E-state index in [4.69, 9.17) is 9.47 Å². The second-order valence-corrected chi connectivity index (χ2v) is 5.74. The second-order valence-electron chi connectivity index (χ2n) is 5.74. The van der Waals surface area contributed by atoms with Crippen LogP contribution in [0.15, 0.2) is 30.3 Å². The topological polar surface area (TPSA) is 50.7 Å². The van der Waals surface area contributed by atoms with E-state index < -0.39 is 5.54 Å². The molecule has 4 nitrogen and oxygen atoms in total. The van der Waals surface area contributed by atoms with E-state index in [2.05, 4.69) is 5.32 Å². The minimum Gasteiger partial charge on any atom is -0.394 e. The maximum atomic E-state index is 9.84. The van der Waals surface area contributed by atoms with Gasteiger partial charge in [0.1, 0.15) is 0 Å². The highest BCUT2D eigenvalue weighted by Gasteiger charge is 2.29. The third-order valence-corrected chi connectivity index (χ3v) is 4.44. The third-order valence-electron chi connectivity index (χ3n) is 4.44. The average molecular weight is 293 g/mol. The van der Waals surface area contributed by atoms with E-state index in [0.717, 1.165) is 44.6 Å². The third kappa shape index (κ3) is 4.51. The normalized spacial score (nSPS) is 19.3. The van der Waals surface area contributed by atoms with Crippen LogP contribution in [-0.4, -0.2) is 45.2 Å². The number of nitrogens with one attached hydrogen (secondary N) is 1. The van der Waals surface area contributed by atoms with Crippen molar-refractivity contribution in [3.8, 4) is 0 Å². The molecule has 1 heterocycles. The summed E-state index contributed by atoms with van der Waals surface area (Å²) in [6.07, 6.45) is 2.94. The lowest BCUT2D eigenvalue weighted by atomic mass is 9.88. The smallest absolute Gasteiger partial charge is 0.0688 e. The van der Waals surface area contributed by atoms with E-state index in [9.17, 15) is 5.11 Å². The monoisotopic (exact) mass is 293 g/mol. The van der Waals surface area contributed by atoms with Crippen LogP contribution in [0.1, 0.15) is 24.8 Å². The van der Waals surface area contributed by atoms with Gasteiger partial charge in [-0.15, -0.1) is 0 Å². The molecule has 0 spiro atoms. The van der Waals surface area contributed by atoms with E-state index in [1.165, 1.54) is 0 Å². The van der Waals surface area contributed by atoms with Gasteiger partial charge >= 0.3 is 0 Å². The molecule has 1 unspecified atom stereocenters. The molecule has 0 bridgehead atoms. The van der Waals surface area contributed by atoms with Gasteiger partial charge in [0, 0.05) is 26.4 Å². The minimum absolute atomic E-state index is 0.0636. The summed E-state index contributed by atoms with van der Waals surface area (Å²) in [5.41, 5.74) is 0.682. The van der Waals surface area contributed by atoms with Gasteiger partial charge in [-0.05, 0) is 37.8 Å². The summed E-state index contributed by atoms with van der Waals surface area (Å²) < 4.78 is 11.2. The largest absolute Gasteiger partial charge is 0.394 e. The highest BCUT2D eigenvalue weighted by molar-refractivity contribution is 5.24. The first-order valence-corrected chi connectivity index (χ1v) is 7.81. The molecule has 4 heteroatoms. The van der Waals surface area contributed by atoms with Crippen molar-refractivity contribution in [1.29, 1.82) is 0 Å². The molecule has 1 aliphatic heterocycles. The highest BCUT2D eigenvalue weighted by Crippen LogP contribution is 2.24. The standard InChI is InChI=1S/C17H27NO3/c1-18-17(14-19,16-5-3-2-4-6-16)9-12-21-13-15-7-10-20-11-8-15/h2-6,15,18-19H,7-14H2,1H3. The maximum Gasteiger partial charge on any atom is 0.0688 e. The number of hydrogen-bond donors (Lipinski definition) is 2. The molecule has 118 valence electrons. The van der Waals surface area contributed by atoms with Crippen LogP contribution in [-0.2, 0) is 15.0 Å². The quantitative estimate of drug-likeness (QED) is 0.719. The summed E-state index contributed by atoms with van der Waals surface area (Å²) in [7, 11) is 1.89. The zero-order valence-corrected chi connectivity index (χ0v) is 12.9. The molecule has 1 aromatic carbocycles. The summed E-state index contributed by atoms with van der Waals surface area (Å²) in [5.74, 6) is 0.619. The lowest BCUT2D eigenvalue weighted by Gasteiger charge is -2.32. The molecule has 0 aromatic heterocycles. The molecule has 21 heavy (non-hydrogen) atoms. The first-order chi connectivity index (χ1) is 10.3. The first-order valence-electron chi connectivity index (χ1n) is 7.81. The van der Waals surface area contributed by atoms with Crippen LogP contribution < -0.4 is 5.32 Å². The van der Waals surface area contributed by atoms with Crippen LogP contribution in [0.5, 0.6) is 0 Å². The van der Waals surface area contributed by atoms with Crippen molar-refractivity contribution in [3.63, 3.8) is 0 Å². The molecule has 1 aliphatic rings. The fraction of sp³-hybridized carbons (Fsp3) is 0.647. The fourth-order valence-electron chi connectivity index (χ4n) is 2.83. The van der Waals surface area contributed by atoms with Crippen LogP contribution in [0.2, 0.25) is 0 Å². The van der Waals surface area contributed by atoms with Gasteiger partial charge in [-0.25, -0.2) is 0 Å². The first kappa shape index (κ1) is 16.4. The van der Waals surface area contributed by atoms with Gasteiger partial charge in [0.05, 0.1) is 12.1 Å². The van der Waals surface area contributed by atoms with Crippen molar-refractivity contribution in [2.75, 3.05) is 40.1 Å². The summed E-state index contributed by atoms with van der Waals surface area (Å²) in [5, 5.41) is 13.1. The van der Waals surface area contributed by atoms with Gasteiger partial charge in [0.15, 0.2) is 0 Å². The van der Waals surface area contributed by atoms with Crippen molar-refractivity contribution in [1.82, 2.24) is 5.32 Å². The molecule has 0 aliphatic carbocycles. The van der Waals surface area contributed by atoms with Crippen LogP contribution in [0.25, 0.3) is 0 Å². The van der Waals surface area contributed by atoms with Crippen LogP contribution >= 0.6 is 0 Å². The zero-order chi connectivity index (χ0) is 15.0. The Morgan fingerprint density at radius 2 is 2.00 bits per heavy atom. The zero-order valence-electron chi connectivity index (χ0n) is 12.9. The van der Waals surface area contributed by atoms with E-state index in [1.54, 1.807) is 0 Å². The number of ether oxygens (including phenoxy) is 2. The average Bonchev–Trinajstić information content (AvgIpc) is 2.57. The number of aliphatic hydroxyl groups excluding tert-OH is 1. The molecule has 1 aromatic rings. The van der Waals surface area contributed by atoms with Crippen LogP contribution in [0.4, 0.5) is 0 Å². The number of benzene rings is 1. The van der Waals surface area contributed by atoms with Gasteiger partial charge in [0.25, 0.3) is 0 Å². The number of likely N-dealkylation sites (N-methyl/N-ethyl adjacent to an activating group) is 1. The Bertz CT molecular complexity index is 386. The lowest BCUT2D eigenvalue weighted by molar-refractivity contribution is 0.0119. The van der Waals surface area contributed by atoms with Crippen molar-refractivity contribution >= 4 is 0 Å². The number of aliphatic hydroxyl groups is 1. The highest BCUT2D eigenvalue weighted by atomic mass is 16.5. The van der Waals surface area contributed by atoms with Crippen LogP contribution in [0, 0.1) is 5.92 Å². The van der Waals surface area contributed by atoms with Crippen molar-refractivity contribution in [2.24, 2.45) is 5.92 Å². The molecule has 0 amide bonds. The Balaban J connectivity index is 1.82. The summed E-state index contributed by atoms with van der Waals surface area (Å²) in [4.78, 5) is 0. The number of hydrogen-bond acceptors (Lipinski definition) is 4. The lowest BCUT2D eigenvalue weighted by Crippen LogP contribution is -2.44. The second kappa shape index (κ2) is 8.49. The Morgan fingerprint density at radius 1 is 1.29 bits per heavy atom. The van der Waals surface area contributed by atoms with E-state index in [-0.39, 0.29) is 6.61 Å². The van der Waals surface area contributed by atoms with Gasteiger partial charge in [-0.2, -0.15) is 0 Å². The molecule has 1 saturated heterocycles. The van der Waals surface area contributed by atoms with Crippen molar-refractivity contribution in [2.45, 2.75) is 24.8 Å². The predicted octanol–water partition coefficient (Wildman–Crippen LogP) is 1.93.